The molecule has 5 heteroatoms. The van der Waals surface area contributed by atoms with Gasteiger partial charge in [-0.25, -0.2) is 8.78 Å². The van der Waals surface area contributed by atoms with Crippen molar-refractivity contribution in [3.8, 4) is 5.75 Å². The minimum absolute atomic E-state index is 0.174. The number of benzene rings is 2. The SMILES string of the molecule is COc1cc(C(C)Nc2ccc(Br)cc2F)ccc1F. The van der Waals surface area contributed by atoms with E-state index in [1.54, 1.807) is 24.3 Å². The smallest absolute Gasteiger partial charge is 0.165 e. The second-order valence-electron chi connectivity index (χ2n) is 4.38. The third kappa shape index (κ3) is 3.28. The van der Waals surface area contributed by atoms with Crippen LogP contribution in [-0.2, 0) is 0 Å². The van der Waals surface area contributed by atoms with Gasteiger partial charge in [0.1, 0.15) is 5.82 Å². The largest absolute Gasteiger partial charge is 0.494 e. The topological polar surface area (TPSA) is 21.3 Å². The Morgan fingerprint density at radius 2 is 1.85 bits per heavy atom. The highest BCUT2D eigenvalue weighted by Crippen LogP contribution is 2.27. The molecule has 0 spiro atoms. The molecular formula is C15H14BrF2NO. The van der Waals surface area contributed by atoms with E-state index in [1.165, 1.54) is 19.2 Å². The Morgan fingerprint density at radius 1 is 1.10 bits per heavy atom. The summed E-state index contributed by atoms with van der Waals surface area (Å²) in [6.45, 7) is 1.87. The van der Waals surface area contributed by atoms with Crippen LogP contribution in [0.25, 0.3) is 0 Å². The lowest BCUT2D eigenvalue weighted by Gasteiger charge is -2.17. The van der Waals surface area contributed by atoms with Gasteiger partial charge in [0.05, 0.1) is 12.8 Å². The summed E-state index contributed by atoms with van der Waals surface area (Å²) in [5, 5.41) is 3.05. The third-order valence-electron chi connectivity index (χ3n) is 2.98. The Hall–Kier alpha value is -1.62. The number of nitrogens with one attached hydrogen (secondary N) is 1. The fourth-order valence-corrected chi connectivity index (χ4v) is 2.20. The van der Waals surface area contributed by atoms with Crippen molar-refractivity contribution in [1.82, 2.24) is 0 Å². The Kier molecular flexibility index (Phi) is 4.60. The average Bonchev–Trinajstić information content (AvgIpc) is 2.42. The first-order valence-electron chi connectivity index (χ1n) is 6.06. The summed E-state index contributed by atoms with van der Waals surface area (Å²) in [5.41, 5.74) is 1.20. The van der Waals surface area contributed by atoms with Crippen LogP contribution in [0.3, 0.4) is 0 Å². The zero-order valence-electron chi connectivity index (χ0n) is 11.1. The van der Waals surface area contributed by atoms with E-state index in [0.29, 0.717) is 10.2 Å². The molecule has 0 fully saturated rings. The van der Waals surface area contributed by atoms with Crippen LogP contribution in [0.5, 0.6) is 5.75 Å². The highest BCUT2D eigenvalue weighted by molar-refractivity contribution is 9.10. The maximum Gasteiger partial charge on any atom is 0.165 e. The summed E-state index contributed by atoms with van der Waals surface area (Å²) in [4.78, 5) is 0. The number of hydrogen-bond donors (Lipinski definition) is 1. The van der Waals surface area contributed by atoms with E-state index >= 15 is 0 Å². The Balaban J connectivity index is 2.21. The van der Waals surface area contributed by atoms with Crippen LogP contribution in [0, 0.1) is 11.6 Å². The van der Waals surface area contributed by atoms with Crippen LogP contribution in [0.2, 0.25) is 0 Å². The van der Waals surface area contributed by atoms with Crippen LogP contribution in [0.4, 0.5) is 14.5 Å². The van der Waals surface area contributed by atoms with Crippen molar-refractivity contribution in [1.29, 1.82) is 0 Å². The second kappa shape index (κ2) is 6.22. The van der Waals surface area contributed by atoms with Gasteiger partial charge in [0.2, 0.25) is 0 Å². The van der Waals surface area contributed by atoms with Crippen molar-refractivity contribution in [2.75, 3.05) is 12.4 Å². The number of ether oxygens (including phenoxy) is 1. The first-order valence-corrected chi connectivity index (χ1v) is 6.85. The van der Waals surface area contributed by atoms with E-state index in [2.05, 4.69) is 21.2 Å². The first kappa shape index (κ1) is 14.8. The Morgan fingerprint density at radius 3 is 2.50 bits per heavy atom. The molecule has 2 rings (SSSR count). The molecule has 0 amide bonds. The van der Waals surface area contributed by atoms with Gasteiger partial charge in [0.25, 0.3) is 0 Å². The lowest BCUT2D eigenvalue weighted by molar-refractivity contribution is 0.385. The van der Waals surface area contributed by atoms with Gasteiger partial charge in [-0.15, -0.1) is 0 Å². The van der Waals surface area contributed by atoms with Gasteiger partial charge in [-0.3, -0.25) is 0 Å². The van der Waals surface area contributed by atoms with Crippen LogP contribution >= 0.6 is 15.9 Å². The molecule has 0 bridgehead atoms. The zero-order valence-corrected chi connectivity index (χ0v) is 12.7. The minimum atomic E-state index is -0.418. The fraction of sp³-hybridized carbons (Fsp3) is 0.200. The molecule has 20 heavy (non-hydrogen) atoms. The molecule has 0 aliphatic heterocycles. The van der Waals surface area contributed by atoms with Crippen molar-refractivity contribution in [2.24, 2.45) is 0 Å². The quantitative estimate of drug-likeness (QED) is 0.853. The number of halogens is 3. The van der Waals surface area contributed by atoms with E-state index in [0.717, 1.165) is 5.56 Å². The molecule has 0 aliphatic rings. The van der Waals surface area contributed by atoms with E-state index in [4.69, 9.17) is 4.74 Å². The fourth-order valence-electron chi connectivity index (χ4n) is 1.87. The molecule has 1 unspecified atom stereocenters. The van der Waals surface area contributed by atoms with Crippen LogP contribution < -0.4 is 10.1 Å². The lowest BCUT2D eigenvalue weighted by atomic mass is 10.1. The van der Waals surface area contributed by atoms with Gasteiger partial charge >= 0.3 is 0 Å². The normalized spacial score (nSPS) is 12.1. The van der Waals surface area contributed by atoms with Gasteiger partial charge in [-0.1, -0.05) is 22.0 Å². The molecule has 2 aromatic carbocycles. The van der Waals surface area contributed by atoms with Crippen LogP contribution in [0.1, 0.15) is 18.5 Å². The third-order valence-corrected chi connectivity index (χ3v) is 3.47. The van der Waals surface area contributed by atoms with E-state index in [-0.39, 0.29) is 17.6 Å². The Labute approximate surface area is 124 Å². The molecule has 0 radical (unpaired) electrons. The van der Waals surface area contributed by atoms with Crippen molar-refractivity contribution < 1.29 is 13.5 Å². The van der Waals surface area contributed by atoms with E-state index in [9.17, 15) is 8.78 Å². The van der Waals surface area contributed by atoms with Gasteiger partial charge in [0.15, 0.2) is 11.6 Å². The average molecular weight is 342 g/mol. The van der Waals surface area contributed by atoms with Crippen molar-refractivity contribution in [2.45, 2.75) is 13.0 Å². The molecule has 2 aromatic rings. The lowest BCUT2D eigenvalue weighted by Crippen LogP contribution is -2.08. The molecule has 0 aromatic heterocycles. The molecule has 0 heterocycles. The van der Waals surface area contributed by atoms with Gasteiger partial charge in [-0.05, 0) is 42.8 Å². The van der Waals surface area contributed by atoms with Crippen molar-refractivity contribution >= 4 is 21.6 Å². The molecule has 0 saturated heterocycles. The molecule has 106 valence electrons. The molecular weight excluding hydrogens is 328 g/mol. The van der Waals surface area contributed by atoms with Gasteiger partial charge in [-0.2, -0.15) is 0 Å². The predicted molar refractivity (Wildman–Crippen MR) is 79.1 cm³/mol. The monoisotopic (exact) mass is 341 g/mol. The maximum absolute atomic E-state index is 13.8. The zero-order chi connectivity index (χ0) is 14.7. The Bertz CT molecular complexity index is 619. The number of hydrogen-bond acceptors (Lipinski definition) is 2. The number of anilines is 1. The van der Waals surface area contributed by atoms with E-state index < -0.39 is 5.82 Å². The molecule has 1 N–H and O–H groups in total. The highest BCUT2D eigenvalue weighted by Gasteiger charge is 2.11. The van der Waals surface area contributed by atoms with Crippen molar-refractivity contribution in [3.63, 3.8) is 0 Å². The van der Waals surface area contributed by atoms with Crippen LogP contribution in [0.15, 0.2) is 40.9 Å². The van der Waals surface area contributed by atoms with Gasteiger partial charge in [0, 0.05) is 10.5 Å². The molecule has 2 nitrogen and oxygen atoms in total. The second-order valence-corrected chi connectivity index (χ2v) is 5.30. The number of rotatable bonds is 4. The molecule has 0 saturated carbocycles. The molecule has 1 atom stereocenters. The summed E-state index contributed by atoms with van der Waals surface area (Å²) < 4.78 is 32.7. The highest BCUT2D eigenvalue weighted by atomic mass is 79.9. The van der Waals surface area contributed by atoms with Crippen LogP contribution in [-0.4, -0.2) is 7.11 Å². The summed E-state index contributed by atoms with van der Waals surface area (Å²) in [7, 11) is 1.41. The molecule has 0 aliphatic carbocycles. The predicted octanol–water partition coefficient (Wildman–Crippen LogP) is 4.91. The summed E-state index contributed by atoms with van der Waals surface area (Å²) in [5.74, 6) is -0.592. The first-order chi connectivity index (χ1) is 9.51. The van der Waals surface area contributed by atoms with Gasteiger partial charge < -0.3 is 10.1 Å². The summed E-state index contributed by atoms with van der Waals surface area (Å²) in [6.07, 6.45) is 0. The summed E-state index contributed by atoms with van der Waals surface area (Å²) in [6, 6.07) is 9.20. The standard InChI is InChI=1S/C15H14BrF2NO/c1-9(10-3-5-12(17)15(7-10)20-2)19-14-6-4-11(16)8-13(14)18/h3-9,19H,1-2H3. The van der Waals surface area contributed by atoms with Crippen molar-refractivity contribution in [3.05, 3.63) is 58.1 Å². The summed E-state index contributed by atoms with van der Waals surface area (Å²) >= 11 is 3.21. The number of methoxy groups -OCH3 is 1. The van der Waals surface area contributed by atoms with E-state index in [1.807, 2.05) is 6.92 Å². The maximum atomic E-state index is 13.8. The minimum Gasteiger partial charge on any atom is -0.494 e.